The Morgan fingerprint density at radius 3 is 2.90 bits per heavy atom. The highest BCUT2D eigenvalue weighted by atomic mass is 16.5. The molecule has 6 nitrogen and oxygen atoms in total. The smallest absolute Gasteiger partial charge is 0.242 e. The van der Waals surface area contributed by atoms with Gasteiger partial charge in [0.15, 0.2) is 11.5 Å². The molecule has 0 bridgehead atoms. The molecule has 1 unspecified atom stereocenters. The number of hydrogen-bond acceptors (Lipinski definition) is 4. The van der Waals surface area contributed by atoms with Crippen LogP contribution < -0.4 is 25.6 Å². The molecule has 1 amide bonds. The van der Waals surface area contributed by atoms with Gasteiger partial charge in [-0.1, -0.05) is 6.07 Å². The Labute approximate surface area is 125 Å². The third-order valence-electron chi connectivity index (χ3n) is 4.06. The van der Waals surface area contributed by atoms with Gasteiger partial charge in [-0.15, -0.1) is 0 Å². The van der Waals surface area contributed by atoms with Crippen LogP contribution in [0.1, 0.15) is 18.4 Å². The van der Waals surface area contributed by atoms with Crippen molar-refractivity contribution >= 4 is 5.91 Å². The van der Waals surface area contributed by atoms with Crippen molar-refractivity contribution in [2.24, 2.45) is 11.8 Å². The van der Waals surface area contributed by atoms with Crippen LogP contribution in [0.2, 0.25) is 0 Å². The number of methoxy groups -OCH3 is 2. The van der Waals surface area contributed by atoms with Crippen molar-refractivity contribution in [1.82, 2.24) is 5.43 Å². The second-order valence-corrected chi connectivity index (χ2v) is 5.38. The molecule has 0 spiro atoms. The van der Waals surface area contributed by atoms with Crippen molar-refractivity contribution in [2.75, 3.05) is 27.3 Å². The quantitative estimate of drug-likeness (QED) is 0.388. The second kappa shape index (κ2) is 7.28. The molecular weight excluding hydrogens is 270 g/mol. The SMILES string of the molecule is COc1cccc(C[NH+]2CCC[C@H](C(=O)NN)C2)c1OC. The largest absolute Gasteiger partial charge is 0.493 e. The Kier molecular flexibility index (Phi) is 5.41. The number of likely N-dealkylation sites (tertiary alicyclic amines) is 1. The lowest BCUT2D eigenvalue weighted by molar-refractivity contribution is -0.921. The number of ether oxygens (including phenoxy) is 2. The number of nitrogens with two attached hydrogens (primary N) is 1. The van der Waals surface area contributed by atoms with Crippen molar-refractivity contribution in [1.29, 1.82) is 0 Å². The number of rotatable bonds is 5. The summed E-state index contributed by atoms with van der Waals surface area (Å²) in [5.41, 5.74) is 3.36. The molecule has 2 rings (SSSR count). The van der Waals surface area contributed by atoms with Gasteiger partial charge in [-0.05, 0) is 25.0 Å². The Morgan fingerprint density at radius 1 is 1.43 bits per heavy atom. The van der Waals surface area contributed by atoms with Crippen molar-refractivity contribution in [2.45, 2.75) is 19.4 Å². The van der Waals surface area contributed by atoms with E-state index in [9.17, 15) is 4.79 Å². The Hall–Kier alpha value is -1.79. The van der Waals surface area contributed by atoms with E-state index in [2.05, 4.69) is 5.43 Å². The first-order chi connectivity index (χ1) is 10.2. The Balaban J connectivity index is 2.09. The number of nitrogens with one attached hydrogen (secondary N) is 2. The highest BCUT2D eigenvalue weighted by Crippen LogP contribution is 2.30. The molecule has 0 aliphatic carbocycles. The van der Waals surface area contributed by atoms with Crippen LogP contribution >= 0.6 is 0 Å². The Bertz CT molecular complexity index is 493. The van der Waals surface area contributed by atoms with Crippen LogP contribution in [0.3, 0.4) is 0 Å². The van der Waals surface area contributed by atoms with Gasteiger partial charge in [0.25, 0.3) is 0 Å². The van der Waals surface area contributed by atoms with Crippen LogP contribution in [-0.2, 0) is 11.3 Å². The molecule has 1 aliphatic rings. The molecule has 116 valence electrons. The van der Waals surface area contributed by atoms with E-state index in [-0.39, 0.29) is 11.8 Å². The van der Waals surface area contributed by atoms with Gasteiger partial charge in [0, 0.05) is 0 Å². The van der Waals surface area contributed by atoms with Crippen LogP contribution in [-0.4, -0.2) is 33.2 Å². The zero-order chi connectivity index (χ0) is 15.2. The molecule has 0 radical (unpaired) electrons. The summed E-state index contributed by atoms with van der Waals surface area (Å²) < 4.78 is 10.8. The van der Waals surface area contributed by atoms with Crippen molar-refractivity contribution in [3.8, 4) is 11.5 Å². The average Bonchev–Trinajstić information content (AvgIpc) is 2.54. The predicted molar refractivity (Wildman–Crippen MR) is 79.0 cm³/mol. The molecule has 1 aromatic carbocycles. The van der Waals surface area contributed by atoms with Crippen molar-refractivity contribution in [3.05, 3.63) is 23.8 Å². The zero-order valence-corrected chi connectivity index (χ0v) is 12.6. The summed E-state index contributed by atoms with van der Waals surface area (Å²) in [4.78, 5) is 13.1. The number of hydrogen-bond donors (Lipinski definition) is 3. The number of para-hydroxylation sites is 1. The third-order valence-corrected chi connectivity index (χ3v) is 4.06. The number of carbonyl (C=O) groups excluding carboxylic acids is 1. The normalized spacial score (nSPS) is 21.7. The maximum atomic E-state index is 11.7. The standard InChI is InChI=1S/C15H23N3O3/c1-20-13-7-3-5-11(14(13)21-2)9-18-8-4-6-12(10-18)15(19)17-16/h3,5,7,12H,4,6,8-10,16H2,1-2H3,(H,17,19)/p+1/t12-/m0/s1. The van der Waals surface area contributed by atoms with Gasteiger partial charge in [0.05, 0.1) is 38.8 Å². The van der Waals surface area contributed by atoms with E-state index in [4.69, 9.17) is 15.3 Å². The topological polar surface area (TPSA) is 78.0 Å². The van der Waals surface area contributed by atoms with E-state index < -0.39 is 0 Å². The van der Waals surface area contributed by atoms with Gasteiger partial charge in [-0.25, -0.2) is 5.84 Å². The first kappa shape index (κ1) is 15.6. The van der Waals surface area contributed by atoms with Gasteiger partial charge in [0.1, 0.15) is 6.54 Å². The zero-order valence-electron chi connectivity index (χ0n) is 12.6. The lowest BCUT2D eigenvalue weighted by atomic mass is 9.97. The summed E-state index contributed by atoms with van der Waals surface area (Å²) in [6, 6.07) is 5.89. The molecule has 1 aromatic rings. The van der Waals surface area contributed by atoms with Crippen molar-refractivity contribution < 1.29 is 19.2 Å². The number of quaternary nitrogens is 1. The van der Waals surface area contributed by atoms with E-state index >= 15 is 0 Å². The first-order valence-corrected chi connectivity index (χ1v) is 7.23. The number of benzene rings is 1. The molecule has 0 aromatic heterocycles. The molecule has 1 fully saturated rings. The fourth-order valence-corrected chi connectivity index (χ4v) is 3.02. The van der Waals surface area contributed by atoms with E-state index in [0.717, 1.165) is 49.5 Å². The summed E-state index contributed by atoms with van der Waals surface area (Å²) in [5.74, 6) is 6.68. The summed E-state index contributed by atoms with van der Waals surface area (Å²) in [5, 5.41) is 0. The molecule has 4 N–H and O–H groups in total. The number of amides is 1. The maximum Gasteiger partial charge on any atom is 0.242 e. The monoisotopic (exact) mass is 294 g/mol. The maximum absolute atomic E-state index is 11.7. The number of hydrazine groups is 1. The van der Waals surface area contributed by atoms with Crippen LogP contribution in [0.15, 0.2) is 18.2 Å². The van der Waals surface area contributed by atoms with Gasteiger partial charge in [-0.2, -0.15) is 0 Å². The fraction of sp³-hybridized carbons (Fsp3) is 0.533. The van der Waals surface area contributed by atoms with Gasteiger partial charge < -0.3 is 14.4 Å². The van der Waals surface area contributed by atoms with Crippen LogP contribution in [0.25, 0.3) is 0 Å². The third kappa shape index (κ3) is 3.65. The van der Waals surface area contributed by atoms with E-state index in [1.54, 1.807) is 14.2 Å². The van der Waals surface area contributed by atoms with Crippen LogP contribution in [0.4, 0.5) is 0 Å². The van der Waals surface area contributed by atoms with E-state index in [1.807, 2.05) is 18.2 Å². The highest BCUT2D eigenvalue weighted by Gasteiger charge is 2.29. The van der Waals surface area contributed by atoms with Gasteiger partial charge in [0.2, 0.25) is 5.91 Å². The number of carbonyl (C=O) groups is 1. The number of piperidine rings is 1. The average molecular weight is 294 g/mol. The fourth-order valence-electron chi connectivity index (χ4n) is 3.02. The highest BCUT2D eigenvalue weighted by molar-refractivity contribution is 5.78. The lowest BCUT2D eigenvalue weighted by Crippen LogP contribution is -3.12. The second-order valence-electron chi connectivity index (χ2n) is 5.38. The van der Waals surface area contributed by atoms with E-state index in [0.29, 0.717) is 0 Å². The summed E-state index contributed by atoms with van der Waals surface area (Å²) >= 11 is 0. The minimum Gasteiger partial charge on any atom is -0.493 e. The van der Waals surface area contributed by atoms with E-state index in [1.165, 1.54) is 4.90 Å². The first-order valence-electron chi connectivity index (χ1n) is 7.23. The van der Waals surface area contributed by atoms with Crippen molar-refractivity contribution in [3.63, 3.8) is 0 Å². The van der Waals surface area contributed by atoms with Gasteiger partial charge >= 0.3 is 0 Å². The van der Waals surface area contributed by atoms with Crippen LogP contribution in [0.5, 0.6) is 11.5 Å². The molecular formula is C15H24N3O3+. The minimum absolute atomic E-state index is 0.00430. The summed E-state index contributed by atoms with van der Waals surface area (Å²) in [6.45, 7) is 2.66. The summed E-state index contributed by atoms with van der Waals surface area (Å²) in [7, 11) is 3.29. The Morgan fingerprint density at radius 2 is 2.24 bits per heavy atom. The van der Waals surface area contributed by atoms with Crippen LogP contribution in [0, 0.1) is 5.92 Å². The molecule has 6 heteroatoms. The summed E-state index contributed by atoms with van der Waals surface area (Å²) in [6.07, 6.45) is 1.93. The minimum atomic E-state index is -0.0650. The predicted octanol–water partition coefficient (Wildman–Crippen LogP) is -0.511. The molecule has 1 heterocycles. The molecule has 2 atom stereocenters. The molecule has 1 aliphatic heterocycles. The lowest BCUT2D eigenvalue weighted by Gasteiger charge is -2.29. The molecule has 1 saturated heterocycles. The molecule has 0 saturated carbocycles. The molecule has 21 heavy (non-hydrogen) atoms. The van der Waals surface area contributed by atoms with Gasteiger partial charge in [-0.3, -0.25) is 10.2 Å².